The third-order valence-corrected chi connectivity index (χ3v) is 4.11. The summed E-state index contributed by atoms with van der Waals surface area (Å²) in [5, 5.41) is 14.6. The van der Waals surface area contributed by atoms with Crippen LogP contribution in [0.1, 0.15) is 55.9 Å². The maximum Gasteiger partial charge on any atom is 0.408 e. The molecular formula is C16H27N3O4S. The van der Waals surface area contributed by atoms with Crippen molar-refractivity contribution in [3.63, 3.8) is 0 Å². The molecule has 0 saturated heterocycles. The largest absolute Gasteiger partial charge is 0.444 e. The zero-order valence-corrected chi connectivity index (χ0v) is 15.6. The van der Waals surface area contributed by atoms with Gasteiger partial charge in [0.05, 0.1) is 23.2 Å². The summed E-state index contributed by atoms with van der Waals surface area (Å²) < 4.78 is 5.29. The van der Waals surface area contributed by atoms with Crippen LogP contribution < -0.4 is 16.4 Å². The van der Waals surface area contributed by atoms with Crippen LogP contribution in [0.4, 0.5) is 9.80 Å². The summed E-state index contributed by atoms with van der Waals surface area (Å²) in [5.41, 5.74) is 5.70. The highest BCUT2D eigenvalue weighted by atomic mass is 32.1. The number of carbonyl (C=O) groups is 2. The second-order valence-corrected chi connectivity index (χ2v) is 7.89. The second kappa shape index (κ2) is 8.34. The minimum atomic E-state index is -0.588. The van der Waals surface area contributed by atoms with Crippen molar-refractivity contribution in [2.75, 3.05) is 18.9 Å². The summed E-state index contributed by atoms with van der Waals surface area (Å²) in [6.45, 7) is 9.33. The number of thiophene rings is 1. The first kappa shape index (κ1) is 20.2. The van der Waals surface area contributed by atoms with E-state index in [1.54, 1.807) is 26.8 Å². The van der Waals surface area contributed by atoms with E-state index in [2.05, 4.69) is 10.6 Å². The smallest absolute Gasteiger partial charge is 0.408 e. The number of rotatable bonds is 6. The fraction of sp³-hybridized carbons (Fsp3) is 0.625. The zero-order chi connectivity index (χ0) is 18.5. The Bertz CT molecular complexity index is 578. The van der Waals surface area contributed by atoms with E-state index >= 15 is 0 Å². The molecule has 7 nitrogen and oxygen atoms in total. The molecule has 8 heteroatoms. The predicted molar refractivity (Wildman–Crippen MR) is 95.1 cm³/mol. The molecule has 0 aliphatic rings. The SMILES string of the molecule is CC(C)[C@H](NC(=O)OC(C)(C)C)c1cc(C(=O)NCCO)c(N)s1. The van der Waals surface area contributed by atoms with Crippen LogP contribution in [-0.4, -0.2) is 35.9 Å². The van der Waals surface area contributed by atoms with Crippen LogP contribution in [-0.2, 0) is 4.74 Å². The Balaban J connectivity index is 2.94. The topological polar surface area (TPSA) is 114 Å². The summed E-state index contributed by atoms with van der Waals surface area (Å²) in [6, 6.07) is 1.36. The highest BCUT2D eigenvalue weighted by Crippen LogP contribution is 2.33. The molecule has 1 heterocycles. The highest BCUT2D eigenvalue weighted by molar-refractivity contribution is 7.16. The molecule has 1 atom stereocenters. The Kier molecular flexibility index (Phi) is 7.04. The summed E-state index contributed by atoms with van der Waals surface area (Å²) in [5.74, 6) is -0.257. The van der Waals surface area contributed by atoms with Gasteiger partial charge in [0.1, 0.15) is 5.60 Å². The number of hydrogen-bond acceptors (Lipinski definition) is 6. The fourth-order valence-corrected chi connectivity index (χ4v) is 3.17. The monoisotopic (exact) mass is 357 g/mol. The van der Waals surface area contributed by atoms with Gasteiger partial charge in [0.2, 0.25) is 0 Å². The molecule has 0 spiro atoms. The molecule has 0 aliphatic heterocycles. The van der Waals surface area contributed by atoms with Crippen molar-refractivity contribution in [1.82, 2.24) is 10.6 Å². The average molecular weight is 357 g/mol. The number of aliphatic hydroxyl groups is 1. The Morgan fingerprint density at radius 3 is 2.50 bits per heavy atom. The van der Waals surface area contributed by atoms with Gasteiger partial charge in [-0.05, 0) is 32.8 Å². The summed E-state index contributed by atoms with van der Waals surface area (Å²) in [7, 11) is 0. The molecule has 0 fully saturated rings. The Hall–Kier alpha value is -1.80. The van der Waals surface area contributed by atoms with E-state index in [4.69, 9.17) is 15.6 Å². The lowest BCUT2D eigenvalue weighted by Crippen LogP contribution is -2.36. The number of amides is 2. The van der Waals surface area contributed by atoms with Gasteiger partial charge in [-0.3, -0.25) is 4.79 Å². The Labute approximate surface area is 146 Å². The minimum absolute atomic E-state index is 0.0870. The number of carbonyl (C=O) groups excluding carboxylic acids is 2. The first-order valence-electron chi connectivity index (χ1n) is 7.83. The minimum Gasteiger partial charge on any atom is -0.444 e. The summed E-state index contributed by atoms with van der Waals surface area (Å²) in [6.07, 6.45) is -0.514. The first-order valence-corrected chi connectivity index (χ1v) is 8.64. The maximum atomic E-state index is 12.0. The lowest BCUT2D eigenvalue weighted by Gasteiger charge is -2.25. The molecule has 1 aromatic rings. The van der Waals surface area contributed by atoms with Crippen LogP contribution in [0.5, 0.6) is 0 Å². The lowest BCUT2D eigenvalue weighted by atomic mass is 10.0. The van der Waals surface area contributed by atoms with E-state index in [-0.39, 0.29) is 31.0 Å². The van der Waals surface area contributed by atoms with Crippen molar-refractivity contribution in [3.8, 4) is 0 Å². The molecule has 2 amide bonds. The normalized spacial score (nSPS) is 12.8. The van der Waals surface area contributed by atoms with E-state index in [1.165, 1.54) is 11.3 Å². The number of nitrogens with one attached hydrogen (secondary N) is 2. The molecular weight excluding hydrogens is 330 g/mol. The Morgan fingerprint density at radius 1 is 1.38 bits per heavy atom. The Morgan fingerprint density at radius 2 is 2.00 bits per heavy atom. The van der Waals surface area contributed by atoms with Gasteiger partial charge >= 0.3 is 6.09 Å². The van der Waals surface area contributed by atoms with Crippen molar-refractivity contribution in [2.45, 2.75) is 46.3 Å². The van der Waals surface area contributed by atoms with Gasteiger partial charge < -0.3 is 26.2 Å². The molecule has 0 aromatic carbocycles. The number of nitrogens with two attached hydrogens (primary N) is 1. The average Bonchev–Trinajstić information content (AvgIpc) is 2.81. The van der Waals surface area contributed by atoms with E-state index in [0.717, 1.165) is 4.88 Å². The van der Waals surface area contributed by atoms with Crippen molar-refractivity contribution in [1.29, 1.82) is 0 Å². The number of nitrogen functional groups attached to an aromatic ring is 1. The number of alkyl carbamates (subject to hydrolysis) is 1. The van der Waals surface area contributed by atoms with Crippen LogP contribution in [0.2, 0.25) is 0 Å². The molecule has 1 rings (SSSR count). The van der Waals surface area contributed by atoms with Crippen LogP contribution in [0.15, 0.2) is 6.07 Å². The maximum absolute atomic E-state index is 12.0. The van der Waals surface area contributed by atoms with Crippen LogP contribution in [0, 0.1) is 5.92 Å². The van der Waals surface area contributed by atoms with Crippen molar-refractivity contribution >= 4 is 28.3 Å². The molecule has 0 radical (unpaired) electrons. The molecule has 24 heavy (non-hydrogen) atoms. The van der Waals surface area contributed by atoms with E-state index < -0.39 is 11.7 Å². The molecule has 136 valence electrons. The zero-order valence-electron chi connectivity index (χ0n) is 14.8. The van der Waals surface area contributed by atoms with Gasteiger partial charge in [-0.2, -0.15) is 0 Å². The number of ether oxygens (including phenoxy) is 1. The summed E-state index contributed by atoms with van der Waals surface area (Å²) >= 11 is 1.26. The van der Waals surface area contributed by atoms with Crippen LogP contribution in [0.25, 0.3) is 0 Å². The third-order valence-electron chi connectivity index (χ3n) is 3.07. The van der Waals surface area contributed by atoms with Gasteiger partial charge in [-0.15, -0.1) is 11.3 Å². The van der Waals surface area contributed by atoms with Crippen molar-refractivity contribution < 1.29 is 19.4 Å². The van der Waals surface area contributed by atoms with Gasteiger partial charge in [0, 0.05) is 11.4 Å². The molecule has 1 aromatic heterocycles. The van der Waals surface area contributed by atoms with Crippen LogP contribution >= 0.6 is 11.3 Å². The molecule has 0 aliphatic carbocycles. The van der Waals surface area contributed by atoms with Crippen molar-refractivity contribution in [3.05, 3.63) is 16.5 Å². The lowest BCUT2D eigenvalue weighted by molar-refractivity contribution is 0.0490. The quantitative estimate of drug-likeness (QED) is 0.624. The molecule has 0 saturated carbocycles. The summed E-state index contributed by atoms with van der Waals surface area (Å²) in [4.78, 5) is 24.9. The van der Waals surface area contributed by atoms with Gasteiger partial charge in [-0.1, -0.05) is 13.8 Å². The van der Waals surface area contributed by atoms with Gasteiger partial charge in [0.15, 0.2) is 0 Å². The van der Waals surface area contributed by atoms with Crippen LogP contribution in [0.3, 0.4) is 0 Å². The third kappa shape index (κ3) is 6.01. The van der Waals surface area contributed by atoms with E-state index in [1.807, 2.05) is 13.8 Å². The number of hydrogen-bond donors (Lipinski definition) is 4. The molecule has 5 N–H and O–H groups in total. The number of aliphatic hydroxyl groups excluding tert-OH is 1. The highest BCUT2D eigenvalue weighted by Gasteiger charge is 2.26. The fourth-order valence-electron chi connectivity index (χ4n) is 2.02. The van der Waals surface area contributed by atoms with Gasteiger partial charge in [0.25, 0.3) is 5.91 Å². The van der Waals surface area contributed by atoms with Gasteiger partial charge in [-0.25, -0.2) is 4.79 Å². The van der Waals surface area contributed by atoms with Crippen molar-refractivity contribution in [2.24, 2.45) is 5.92 Å². The number of anilines is 1. The molecule has 0 unspecified atom stereocenters. The standard InChI is InChI=1S/C16H27N3O4S/c1-9(2)12(19-15(22)23-16(3,4)5)11-8-10(13(17)24-11)14(21)18-6-7-20/h8-9,12,20H,6-7,17H2,1-5H3,(H,18,21)(H,19,22)/t12-/m0/s1. The van der Waals surface area contributed by atoms with E-state index in [9.17, 15) is 9.59 Å². The molecule has 0 bridgehead atoms. The van der Waals surface area contributed by atoms with E-state index in [0.29, 0.717) is 10.6 Å². The predicted octanol–water partition coefficient (Wildman–Crippen LogP) is 2.27. The first-order chi connectivity index (χ1) is 11.0. The second-order valence-electron chi connectivity index (χ2n) is 6.77.